The van der Waals surface area contributed by atoms with Gasteiger partial charge in [0, 0.05) is 19.9 Å². The van der Waals surface area contributed by atoms with Crippen molar-refractivity contribution in [2.24, 2.45) is 0 Å². The molecule has 1 aliphatic heterocycles. The van der Waals surface area contributed by atoms with Crippen molar-refractivity contribution in [3.05, 3.63) is 35.9 Å². The predicted molar refractivity (Wildman–Crippen MR) is 67.8 cm³/mol. The van der Waals surface area contributed by atoms with E-state index in [2.05, 4.69) is 5.32 Å². The highest BCUT2D eigenvalue weighted by Crippen LogP contribution is 2.21. The largest absolute Gasteiger partial charge is 0.354 e. The van der Waals surface area contributed by atoms with Crippen LogP contribution in [0.4, 0.5) is 0 Å². The molecule has 1 heterocycles. The molecular weight excluding hydrogens is 230 g/mol. The van der Waals surface area contributed by atoms with Crippen LogP contribution in [0.2, 0.25) is 0 Å². The first kappa shape index (κ1) is 13.1. The SMILES string of the molecule is CC(=O)NCC1CCC(OCc2ccccc2)O1. The molecular formula is C14H19NO3. The summed E-state index contributed by atoms with van der Waals surface area (Å²) in [7, 11) is 0. The van der Waals surface area contributed by atoms with Crippen molar-refractivity contribution in [3.63, 3.8) is 0 Å². The molecule has 2 unspecified atom stereocenters. The summed E-state index contributed by atoms with van der Waals surface area (Å²) in [6.07, 6.45) is 1.75. The zero-order chi connectivity index (χ0) is 12.8. The third-order valence-electron chi connectivity index (χ3n) is 2.93. The third kappa shape index (κ3) is 4.13. The van der Waals surface area contributed by atoms with E-state index in [4.69, 9.17) is 9.47 Å². The Balaban J connectivity index is 1.68. The second kappa shape index (κ2) is 6.52. The number of benzene rings is 1. The Kier molecular flexibility index (Phi) is 4.73. The second-order valence-corrected chi connectivity index (χ2v) is 4.50. The van der Waals surface area contributed by atoms with Gasteiger partial charge in [-0.25, -0.2) is 0 Å². The Bertz CT molecular complexity index is 380. The molecule has 4 nitrogen and oxygen atoms in total. The average molecular weight is 249 g/mol. The van der Waals surface area contributed by atoms with Crippen molar-refractivity contribution in [1.29, 1.82) is 0 Å². The molecule has 98 valence electrons. The number of amides is 1. The van der Waals surface area contributed by atoms with E-state index < -0.39 is 0 Å². The van der Waals surface area contributed by atoms with E-state index in [1.165, 1.54) is 6.92 Å². The molecule has 1 N–H and O–H groups in total. The number of hydrogen-bond donors (Lipinski definition) is 1. The summed E-state index contributed by atoms with van der Waals surface area (Å²) in [6.45, 7) is 2.65. The lowest BCUT2D eigenvalue weighted by atomic mass is 10.2. The van der Waals surface area contributed by atoms with E-state index in [0.717, 1.165) is 18.4 Å². The highest BCUT2D eigenvalue weighted by atomic mass is 16.7. The van der Waals surface area contributed by atoms with Gasteiger partial charge in [0.05, 0.1) is 12.7 Å². The van der Waals surface area contributed by atoms with E-state index in [1.807, 2.05) is 30.3 Å². The van der Waals surface area contributed by atoms with Crippen LogP contribution in [0, 0.1) is 0 Å². The van der Waals surface area contributed by atoms with Gasteiger partial charge in [-0.2, -0.15) is 0 Å². The van der Waals surface area contributed by atoms with Gasteiger partial charge in [-0.1, -0.05) is 30.3 Å². The number of nitrogens with one attached hydrogen (secondary N) is 1. The van der Waals surface area contributed by atoms with Gasteiger partial charge in [0.25, 0.3) is 0 Å². The maximum absolute atomic E-state index is 10.8. The zero-order valence-electron chi connectivity index (χ0n) is 10.6. The summed E-state index contributed by atoms with van der Waals surface area (Å²) in [4.78, 5) is 10.8. The summed E-state index contributed by atoms with van der Waals surface area (Å²) in [5.74, 6) is -0.0211. The average Bonchev–Trinajstić information content (AvgIpc) is 2.83. The Hall–Kier alpha value is -1.39. The van der Waals surface area contributed by atoms with Gasteiger partial charge in [-0.05, 0) is 12.0 Å². The van der Waals surface area contributed by atoms with E-state index in [0.29, 0.717) is 13.2 Å². The molecule has 1 amide bonds. The van der Waals surface area contributed by atoms with Crippen LogP contribution in [-0.2, 0) is 20.9 Å². The molecule has 1 aliphatic rings. The quantitative estimate of drug-likeness (QED) is 0.866. The van der Waals surface area contributed by atoms with Gasteiger partial charge in [0.15, 0.2) is 6.29 Å². The monoisotopic (exact) mass is 249 g/mol. The lowest BCUT2D eigenvalue weighted by molar-refractivity contribution is -0.141. The topological polar surface area (TPSA) is 47.6 Å². The van der Waals surface area contributed by atoms with Crippen LogP contribution in [-0.4, -0.2) is 24.8 Å². The smallest absolute Gasteiger partial charge is 0.216 e. The number of carbonyl (C=O) groups is 1. The van der Waals surface area contributed by atoms with Crippen LogP contribution in [0.25, 0.3) is 0 Å². The first-order valence-electron chi connectivity index (χ1n) is 6.29. The molecule has 18 heavy (non-hydrogen) atoms. The minimum atomic E-state index is -0.149. The Labute approximate surface area is 107 Å². The molecule has 2 atom stereocenters. The van der Waals surface area contributed by atoms with Gasteiger partial charge in [0.2, 0.25) is 5.91 Å². The molecule has 0 radical (unpaired) electrons. The highest BCUT2D eigenvalue weighted by molar-refractivity contribution is 5.72. The Morgan fingerprint density at radius 1 is 1.39 bits per heavy atom. The van der Waals surface area contributed by atoms with E-state index in [-0.39, 0.29) is 18.3 Å². The summed E-state index contributed by atoms with van der Waals surface area (Å²) in [6, 6.07) is 10.0. The maximum Gasteiger partial charge on any atom is 0.216 e. The molecule has 0 aromatic heterocycles. The van der Waals surface area contributed by atoms with Gasteiger partial charge < -0.3 is 14.8 Å². The fourth-order valence-electron chi connectivity index (χ4n) is 1.97. The van der Waals surface area contributed by atoms with E-state index >= 15 is 0 Å². The normalized spacial score (nSPS) is 22.9. The molecule has 0 bridgehead atoms. The van der Waals surface area contributed by atoms with Crippen LogP contribution in [0.1, 0.15) is 25.3 Å². The van der Waals surface area contributed by atoms with Crippen LogP contribution in [0.5, 0.6) is 0 Å². The first-order chi connectivity index (χ1) is 8.74. The molecule has 0 aliphatic carbocycles. The summed E-state index contributed by atoms with van der Waals surface area (Å²) < 4.78 is 11.4. The summed E-state index contributed by atoms with van der Waals surface area (Å²) in [5.41, 5.74) is 1.14. The Morgan fingerprint density at radius 3 is 2.89 bits per heavy atom. The van der Waals surface area contributed by atoms with Crippen LogP contribution in [0.3, 0.4) is 0 Å². The molecule has 0 spiro atoms. The zero-order valence-corrected chi connectivity index (χ0v) is 10.6. The summed E-state index contributed by atoms with van der Waals surface area (Å²) >= 11 is 0. The van der Waals surface area contributed by atoms with Gasteiger partial charge >= 0.3 is 0 Å². The fraction of sp³-hybridized carbons (Fsp3) is 0.500. The molecule has 1 saturated heterocycles. The van der Waals surface area contributed by atoms with Crippen molar-refractivity contribution in [1.82, 2.24) is 5.32 Å². The molecule has 4 heteroatoms. The molecule has 1 aromatic carbocycles. The standard InChI is InChI=1S/C14H19NO3/c1-11(16)15-9-13-7-8-14(18-13)17-10-12-5-3-2-4-6-12/h2-6,13-14H,7-10H2,1H3,(H,15,16). The third-order valence-corrected chi connectivity index (χ3v) is 2.93. The molecule has 0 saturated carbocycles. The number of carbonyl (C=O) groups excluding carboxylic acids is 1. The van der Waals surface area contributed by atoms with Crippen LogP contribution < -0.4 is 5.32 Å². The number of rotatable bonds is 5. The number of hydrogen-bond acceptors (Lipinski definition) is 3. The second-order valence-electron chi connectivity index (χ2n) is 4.50. The van der Waals surface area contributed by atoms with E-state index in [1.54, 1.807) is 0 Å². The minimum absolute atomic E-state index is 0.0211. The van der Waals surface area contributed by atoms with Crippen LogP contribution in [0.15, 0.2) is 30.3 Å². The highest BCUT2D eigenvalue weighted by Gasteiger charge is 2.25. The van der Waals surface area contributed by atoms with Gasteiger partial charge in [0.1, 0.15) is 0 Å². The van der Waals surface area contributed by atoms with Crippen LogP contribution >= 0.6 is 0 Å². The van der Waals surface area contributed by atoms with Gasteiger partial charge in [-0.3, -0.25) is 4.79 Å². The molecule has 1 aromatic rings. The minimum Gasteiger partial charge on any atom is -0.354 e. The van der Waals surface area contributed by atoms with E-state index in [9.17, 15) is 4.79 Å². The van der Waals surface area contributed by atoms with Crippen molar-refractivity contribution in [3.8, 4) is 0 Å². The van der Waals surface area contributed by atoms with Crippen molar-refractivity contribution in [2.45, 2.75) is 38.8 Å². The molecule has 2 rings (SSSR count). The molecule has 1 fully saturated rings. The maximum atomic E-state index is 10.8. The lowest BCUT2D eigenvalue weighted by Crippen LogP contribution is -2.30. The van der Waals surface area contributed by atoms with Gasteiger partial charge in [-0.15, -0.1) is 0 Å². The number of ether oxygens (including phenoxy) is 2. The first-order valence-corrected chi connectivity index (χ1v) is 6.29. The van der Waals surface area contributed by atoms with Crippen molar-refractivity contribution >= 4 is 5.91 Å². The fourth-order valence-corrected chi connectivity index (χ4v) is 1.97. The predicted octanol–water partition coefficient (Wildman–Crippen LogP) is 1.84. The van der Waals surface area contributed by atoms with Crippen molar-refractivity contribution < 1.29 is 14.3 Å². The Morgan fingerprint density at radius 2 is 2.17 bits per heavy atom. The van der Waals surface area contributed by atoms with Crippen molar-refractivity contribution in [2.75, 3.05) is 6.54 Å². The lowest BCUT2D eigenvalue weighted by Gasteiger charge is -2.14. The summed E-state index contributed by atoms with van der Waals surface area (Å²) in [5, 5.41) is 2.76.